The lowest BCUT2D eigenvalue weighted by molar-refractivity contribution is -0.124. The second-order valence-corrected chi connectivity index (χ2v) is 8.11. The molecule has 1 fully saturated rings. The van der Waals surface area contributed by atoms with E-state index in [9.17, 15) is 9.59 Å². The summed E-state index contributed by atoms with van der Waals surface area (Å²) in [6, 6.07) is 14.1. The Morgan fingerprint density at radius 1 is 0.867 bits per heavy atom. The predicted molar refractivity (Wildman–Crippen MR) is 120 cm³/mol. The first-order valence-corrected chi connectivity index (χ1v) is 10.5. The minimum absolute atomic E-state index is 0.0540. The summed E-state index contributed by atoms with van der Waals surface area (Å²) in [5.74, 6) is -0.123. The van der Waals surface area contributed by atoms with Crippen molar-refractivity contribution in [2.24, 2.45) is 5.10 Å². The Hall–Kier alpha value is -3.15. The van der Waals surface area contributed by atoms with Gasteiger partial charge in [-0.3, -0.25) is 9.59 Å². The normalized spacial score (nSPS) is 17.2. The molecule has 0 bridgehead atoms. The lowest BCUT2D eigenvalue weighted by Crippen LogP contribution is -2.51. The van der Waals surface area contributed by atoms with Crippen LogP contribution in [0.4, 0.5) is 11.4 Å². The van der Waals surface area contributed by atoms with E-state index in [1.807, 2.05) is 36.1 Å². The van der Waals surface area contributed by atoms with Gasteiger partial charge in [0.25, 0.3) is 5.91 Å². The molecular formula is C24H28N4O2. The molecule has 4 rings (SSSR count). The number of anilines is 2. The Bertz CT molecular complexity index is 1010. The number of para-hydroxylation sites is 1. The number of nitrogens with zero attached hydrogens (tertiary/aromatic N) is 4. The van der Waals surface area contributed by atoms with Gasteiger partial charge in [0.05, 0.1) is 5.69 Å². The minimum atomic E-state index is -0.0689. The summed E-state index contributed by atoms with van der Waals surface area (Å²) in [7, 11) is 0. The third-order valence-electron chi connectivity index (χ3n) is 5.90. The van der Waals surface area contributed by atoms with Gasteiger partial charge in [0, 0.05) is 44.7 Å². The summed E-state index contributed by atoms with van der Waals surface area (Å²) in [5.41, 5.74) is 5.92. The average molecular weight is 405 g/mol. The SMILES string of the molecule is Cc1ccc(C)c(N2CCN(C(=O)C3=NN(c4ccccc4C)C(=O)CC3)CC2)c1. The third-order valence-corrected chi connectivity index (χ3v) is 5.90. The Kier molecular flexibility index (Phi) is 5.57. The second kappa shape index (κ2) is 8.30. The van der Waals surface area contributed by atoms with Crippen molar-refractivity contribution in [3.63, 3.8) is 0 Å². The average Bonchev–Trinajstić information content (AvgIpc) is 2.76. The summed E-state index contributed by atoms with van der Waals surface area (Å²) in [6.07, 6.45) is 0.707. The maximum atomic E-state index is 13.1. The van der Waals surface area contributed by atoms with Gasteiger partial charge in [0.1, 0.15) is 5.71 Å². The highest BCUT2D eigenvalue weighted by Gasteiger charge is 2.30. The Balaban J connectivity index is 1.47. The van der Waals surface area contributed by atoms with E-state index in [2.05, 4.69) is 42.0 Å². The van der Waals surface area contributed by atoms with E-state index in [0.717, 1.165) is 24.3 Å². The zero-order valence-electron chi connectivity index (χ0n) is 17.9. The number of piperazine rings is 1. The van der Waals surface area contributed by atoms with Gasteiger partial charge in [-0.2, -0.15) is 5.10 Å². The van der Waals surface area contributed by atoms with Crippen molar-refractivity contribution >= 4 is 28.9 Å². The maximum Gasteiger partial charge on any atom is 0.270 e. The largest absolute Gasteiger partial charge is 0.368 e. The number of hydrogen-bond donors (Lipinski definition) is 0. The van der Waals surface area contributed by atoms with Gasteiger partial charge in [0.2, 0.25) is 5.91 Å². The second-order valence-electron chi connectivity index (χ2n) is 8.11. The van der Waals surface area contributed by atoms with E-state index in [4.69, 9.17) is 0 Å². The van der Waals surface area contributed by atoms with E-state index < -0.39 is 0 Å². The molecule has 0 spiro atoms. The van der Waals surface area contributed by atoms with E-state index in [-0.39, 0.29) is 11.8 Å². The lowest BCUT2D eigenvalue weighted by Gasteiger charge is -2.37. The monoisotopic (exact) mass is 404 g/mol. The highest BCUT2D eigenvalue weighted by atomic mass is 16.2. The van der Waals surface area contributed by atoms with Gasteiger partial charge in [-0.15, -0.1) is 0 Å². The molecule has 2 aliphatic rings. The zero-order chi connectivity index (χ0) is 21.3. The number of amides is 2. The van der Waals surface area contributed by atoms with Crippen molar-refractivity contribution in [2.45, 2.75) is 33.6 Å². The van der Waals surface area contributed by atoms with Crippen LogP contribution in [-0.2, 0) is 9.59 Å². The van der Waals surface area contributed by atoms with Gasteiger partial charge in [-0.05, 0) is 49.6 Å². The lowest BCUT2D eigenvalue weighted by atomic mass is 10.1. The van der Waals surface area contributed by atoms with Crippen LogP contribution in [-0.4, -0.2) is 48.6 Å². The molecule has 6 nitrogen and oxygen atoms in total. The molecule has 0 aromatic heterocycles. The molecule has 0 saturated carbocycles. The van der Waals surface area contributed by atoms with Crippen molar-refractivity contribution < 1.29 is 9.59 Å². The van der Waals surface area contributed by atoms with Crippen molar-refractivity contribution in [1.82, 2.24) is 4.90 Å². The van der Waals surface area contributed by atoms with E-state index in [1.165, 1.54) is 21.8 Å². The van der Waals surface area contributed by atoms with Gasteiger partial charge in [-0.1, -0.05) is 30.3 Å². The first-order chi connectivity index (χ1) is 14.4. The van der Waals surface area contributed by atoms with Crippen molar-refractivity contribution in [1.29, 1.82) is 0 Å². The van der Waals surface area contributed by atoms with Crippen LogP contribution in [0.15, 0.2) is 47.6 Å². The number of hydrogen-bond acceptors (Lipinski definition) is 4. The summed E-state index contributed by atoms with van der Waals surface area (Å²) < 4.78 is 0. The molecule has 0 radical (unpaired) electrons. The van der Waals surface area contributed by atoms with Crippen LogP contribution in [0, 0.1) is 20.8 Å². The highest BCUT2D eigenvalue weighted by molar-refractivity contribution is 6.40. The van der Waals surface area contributed by atoms with Gasteiger partial charge in [-0.25, -0.2) is 5.01 Å². The van der Waals surface area contributed by atoms with E-state index >= 15 is 0 Å². The van der Waals surface area contributed by atoms with Gasteiger partial charge in [0.15, 0.2) is 0 Å². The van der Waals surface area contributed by atoms with Crippen LogP contribution < -0.4 is 9.91 Å². The molecule has 6 heteroatoms. The molecule has 0 N–H and O–H groups in total. The first kappa shape index (κ1) is 20.1. The summed E-state index contributed by atoms with van der Waals surface area (Å²) >= 11 is 0. The van der Waals surface area contributed by atoms with Crippen LogP contribution in [0.25, 0.3) is 0 Å². The van der Waals surface area contributed by atoms with E-state index in [0.29, 0.717) is 31.6 Å². The van der Waals surface area contributed by atoms with Crippen LogP contribution in [0.2, 0.25) is 0 Å². The molecule has 2 aromatic rings. The Morgan fingerprint density at radius 3 is 2.30 bits per heavy atom. The molecule has 1 saturated heterocycles. The summed E-state index contributed by atoms with van der Waals surface area (Å²) in [6.45, 7) is 9.08. The molecule has 30 heavy (non-hydrogen) atoms. The first-order valence-electron chi connectivity index (χ1n) is 10.5. The molecule has 0 atom stereocenters. The van der Waals surface area contributed by atoms with E-state index in [1.54, 1.807) is 0 Å². The number of benzene rings is 2. The van der Waals surface area contributed by atoms with Crippen molar-refractivity contribution in [2.75, 3.05) is 36.1 Å². The summed E-state index contributed by atoms with van der Waals surface area (Å²) in [5, 5.41) is 5.87. The van der Waals surface area contributed by atoms with Crippen LogP contribution >= 0.6 is 0 Å². The Morgan fingerprint density at radius 2 is 1.57 bits per heavy atom. The van der Waals surface area contributed by atoms with Crippen LogP contribution in [0.1, 0.15) is 29.5 Å². The Labute approximate surface area is 177 Å². The zero-order valence-corrected chi connectivity index (χ0v) is 17.9. The molecule has 2 aromatic carbocycles. The molecule has 2 amide bonds. The predicted octanol–water partition coefficient (Wildman–Crippen LogP) is 3.44. The number of aryl methyl sites for hydroxylation is 3. The number of carbonyl (C=O) groups excluding carboxylic acids is 2. The molecule has 2 heterocycles. The maximum absolute atomic E-state index is 13.1. The number of hydrazone groups is 1. The third kappa shape index (κ3) is 3.95. The van der Waals surface area contributed by atoms with Crippen molar-refractivity contribution in [3.05, 3.63) is 59.2 Å². The molecule has 0 aliphatic carbocycles. The molecule has 156 valence electrons. The topological polar surface area (TPSA) is 56.2 Å². The summed E-state index contributed by atoms with van der Waals surface area (Å²) in [4.78, 5) is 29.8. The number of carbonyl (C=O) groups is 2. The molecule has 0 unspecified atom stereocenters. The number of rotatable bonds is 3. The van der Waals surface area contributed by atoms with Crippen LogP contribution in [0.5, 0.6) is 0 Å². The fourth-order valence-corrected chi connectivity index (χ4v) is 4.09. The van der Waals surface area contributed by atoms with Crippen LogP contribution in [0.3, 0.4) is 0 Å². The smallest absolute Gasteiger partial charge is 0.270 e. The minimum Gasteiger partial charge on any atom is -0.368 e. The molecule has 2 aliphatic heterocycles. The van der Waals surface area contributed by atoms with Gasteiger partial charge >= 0.3 is 0 Å². The fourth-order valence-electron chi connectivity index (χ4n) is 4.09. The highest BCUT2D eigenvalue weighted by Crippen LogP contribution is 2.25. The fraction of sp³-hybridized carbons (Fsp3) is 0.375. The quantitative estimate of drug-likeness (QED) is 0.787. The standard InChI is InChI=1S/C24H28N4O2/c1-17-8-9-19(3)22(16-17)26-12-14-27(15-13-26)24(30)20-10-11-23(29)28(25-20)21-7-5-4-6-18(21)2/h4-9,16H,10-15H2,1-3H3. The molecular weight excluding hydrogens is 376 g/mol. The van der Waals surface area contributed by atoms with Gasteiger partial charge < -0.3 is 9.80 Å². The van der Waals surface area contributed by atoms with Crippen molar-refractivity contribution in [3.8, 4) is 0 Å².